The standard InChI is InChI=1S/C29H27ClN2O3/c30-24-14-6-7-15-25(24)32-19-18-31(26(33)20-32)17-9-8-16-29(21-10-2-1-3-11-21)27(34)22-12-4-5-13-23(22)28(29)35/h1-7,10-15H,8-9,16-20H2. The lowest BCUT2D eigenvalue weighted by Gasteiger charge is -2.36. The number of piperazine rings is 1. The number of nitrogens with zero attached hydrogens (tertiary/aromatic N) is 2. The molecular weight excluding hydrogens is 460 g/mol. The first-order valence-corrected chi connectivity index (χ1v) is 12.4. The van der Waals surface area contributed by atoms with Crippen molar-refractivity contribution >= 4 is 34.8 Å². The van der Waals surface area contributed by atoms with E-state index >= 15 is 0 Å². The molecule has 1 saturated heterocycles. The smallest absolute Gasteiger partial charge is 0.242 e. The van der Waals surface area contributed by atoms with Gasteiger partial charge in [0.25, 0.3) is 0 Å². The number of fused-ring (bicyclic) bond motifs is 1. The zero-order valence-corrected chi connectivity index (χ0v) is 20.2. The van der Waals surface area contributed by atoms with Crippen LogP contribution in [0.4, 0.5) is 5.69 Å². The number of benzene rings is 3. The van der Waals surface area contributed by atoms with Crippen LogP contribution in [-0.2, 0) is 10.2 Å². The molecule has 3 aromatic rings. The number of amides is 1. The van der Waals surface area contributed by atoms with E-state index in [9.17, 15) is 14.4 Å². The lowest BCUT2D eigenvalue weighted by molar-refractivity contribution is -0.131. The maximum Gasteiger partial charge on any atom is 0.242 e. The summed E-state index contributed by atoms with van der Waals surface area (Å²) in [6, 6.07) is 24.1. The highest BCUT2D eigenvalue weighted by molar-refractivity contribution is 6.33. The Bertz CT molecular complexity index is 1240. The van der Waals surface area contributed by atoms with E-state index in [2.05, 4.69) is 0 Å². The van der Waals surface area contributed by atoms with E-state index in [1.807, 2.05) is 64.4 Å². The van der Waals surface area contributed by atoms with Gasteiger partial charge in [-0.25, -0.2) is 0 Å². The third kappa shape index (κ3) is 4.14. The molecule has 0 radical (unpaired) electrons. The van der Waals surface area contributed by atoms with Crippen LogP contribution >= 0.6 is 11.6 Å². The summed E-state index contributed by atoms with van der Waals surface area (Å²) in [4.78, 5) is 43.8. The van der Waals surface area contributed by atoms with Crippen LogP contribution in [0.5, 0.6) is 0 Å². The van der Waals surface area contributed by atoms with E-state index in [4.69, 9.17) is 11.6 Å². The van der Waals surface area contributed by atoms with Crippen LogP contribution in [-0.4, -0.2) is 48.6 Å². The van der Waals surface area contributed by atoms with Crippen LogP contribution < -0.4 is 4.90 Å². The van der Waals surface area contributed by atoms with Crippen LogP contribution in [0.15, 0.2) is 78.9 Å². The fourth-order valence-corrected chi connectivity index (χ4v) is 5.61. The van der Waals surface area contributed by atoms with Gasteiger partial charge in [0.1, 0.15) is 5.41 Å². The average molecular weight is 487 g/mol. The summed E-state index contributed by atoms with van der Waals surface area (Å²) < 4.78 is 0. The Labute approximate surface area is 210 Å². The molecule has 178 valence electrons. The number of Topliss-reactive ketones (excluding diaryl/α,β-unsaturated/α-hetero) is 2. The Kier molecular flexibility index (Phi) is 6.44. The van der Waals surface area contributed by atoms with Crippen LogP contribution in [0, 0.1) is 0 Å². The predicted molar refractivity (Wildman–Crippen MR) is 137 cm³/mol. The zero-order chi connectivity index (χ0) is 24.4. The Morgan fingerprint density at radius 3 is 2.03 bits per heavy atom. The molecule has 3 aromatic carbocycles. The van der Waals surface area contributed by atoms with Crippen molar-refractivity contribution in [3.63, 3.8) is 0 Å². The van der Waals surface area contributed by atoms with Gasteiger partial charge < -0.3 is 9.80 Å². The lowest BCUT2D eigenvalue weighted by atomic mass is 9.72. The molecule has 6 heteroatoms. The molecule has 2 aliphatic rings. The Balaban J connectivity index is 1.25. The number of para-hydroxylation sites is 1. The molecule has 0 N–H and O–H groups in total. The maximum absolute atomic E-state index is 13.6. The molecule has 1 amide bonds. The molecular formula is C29H27ClN2O3. The minimum absolute atomic E-state index is 0.0642. The SMILES string of the molecule is O=C1CN(c2ccccc2Cl)CCN1CCCCC1(c2ccccc2)C(=O)c2ccccc2C1=O. The number of unbranched alkanes of at least 4 members (excludes halogenated alkanes) is 1. The molecule has 0 unspecified atom stereocenters. The third-order valence-corrected chi connectivity index (χ3v) is 7.52. The summed E-state index contributed by atoms with van der Waals surface area (Å²) in [5, 5.41) is 0.645. The first kappa shape index (κ1) is 23.3. The van der Waals surface area contributed by atoms with Gasteiger partial charge in [-0.3, -0.25) is 14.4 Å². The molecule has 0 spiro atoms. The molecule has 1 heterocycles. The minimum atomic E-state index is -1.18. The predicted octanol–water partition coefficient (Wildman–Crippen LogP) is 5.18. The number of halogens is 1. The summed E-state index contributed by atoms with van der Waals surface area (Å²) in [6.45, 7) is 2.24. The van der Waals surface area contributed by atoms with Crippen LogP contribution in [0.2, 0.25) is 5.02 Å². The normalized spacial score (nSPS) is 17.1. The Morgan fingerprint density at radius 1 is 0.743 bits per heavy atom. The fraction of sp³-hybridized carbons (Fsp3) is 0.276. The average Bonchev–Trinajstić information content (AvgIpc) is 3.11. The van der Waals surface area contributed by atoms with Gasteiger partial charge in [-0.2, -0.15) is 0 Å². The van der Waals surface area contributed by atoms with Crippen molar-refractivity contribution in [1.29, 1.82) is 0 Å². The molecule has 0 saturated carbocycles. The Morgan fingerprint density at radius 2 is 1.37 bits per heavy atom. The molecule has 1 fully saturated rings. The molecule has 1 aliphatic carbocycles. The Hall–Kier alpha value is -3.44. The molecule has 0 atom stereocenters. The largest absolute Gasteiger partial charge is 0.359 e. The second kappa shape index (κ2) is 9.67. The van der Waals surface area contributed by atoms with Gasteiger partial charge in [-0.15, -0.1) is 0 Å². The summed E-state index contributed by atoms with van der Waals surface area (Å²) in [6.07, 6.45) is 1.82. The third-order valence-electron chi connectivity index (χ3n) is 7.20. The van der Waals surface area contributed by atoms with Crippen molar-refractivity contribution in [3.05, 3.63) is 101 Å². The number of hydrogen-bond donors (Lipinski definition) is 0. The second-order valence-corrected chi connectivity index (χ2v) is 9.59. The van der Waals surface area contributed by atoms with E-state index in [1.165, 1.54) is 0 Å². The zero-order valence-electron chi connectivity index (χ0n) is 19.5. The van der Waals surface area contributed by atoms with E-state index in [0.717, 1.165) is 24.2 Å². The summed E-state index contributed by atoms with van der Waals surface area (Å²) in [7, 11) is 0. The highest BCUT2D eigenvalue weighted by atomic mass is 35.5. The van der Waals surface area contributed by atoms with Crippen molar-refractivity contribution < 1.29 is 14.4 Å². The van der Waals surface area contributed by atoms with Crippen molar-refractivity contribution in [2.75, 3.05) is 31.1 Å². The van der Waals surface area contributed by atoms with Crippen LogP contribution in [0.25, 0.3) is 0 Å². The van der Waals surface area contributed by atoms with Gasteiger partial charge in [-0.05, 0) is 37.0 Å². The van der Waals surface area contributed by atoms with Crippen molar-refractivity contribution in [2.45, 2.75) is 24.7 Å². The van der Waals surface area contributed by atoms with Crippen molar-refractivity contribution in [3.8, 4) is 0 Å². The number of hydrogen-bond acceptors (Lipinski definition) is 4. The highest BCUT2D eigenvalue weighted by Crippen LogP contribution is 2.43. The minimum Gasteiger partial charge on any atom is -0.359 e. The van der Waals surface area contributed by atoms with Gasteiger partial charge in [-0.1, -0.05) is 78.3 Å². The second-order valence-electron chi connectivity index (χ2n) is 9.19. The van der Waals surface area contributed by atoms with E-state index in [0.29, 0.717) is 48.6 Å². The van der Waals surface area contributed by atoms with Crippen molar-refractivity contribution in [2.24, 2.45) is 0 Å². The van der Waals surface area contributed by atoms with Gasteiger partial charge in [0.05, 0.1) is 17.3 Å². The monoisotopic (exact) mass is 486 g/mol. The van der Waals surface area contributed by atoms with Gasteiger partial charge >= 0.3 is 0 Å². The first-order valence-electron chi connectivity index (χ1n) is 12.0. The van der Waals surface area contributed by atoms with E-state index < -0.39 is 5.41 Å². The lowest BCUT2D eigenvalue weighted by Crippen LogP contribution is -2.50. The van der Waals surface area contributed by atoms with Gasteiger partial charge in [0.15, 0.2) is 11.6 Å². The number of carbonyl (C=O) groups excluding carboxylic acids is 3. The number of carbonyl (C=O) groups is 3. The van der Waals surface area contributed by atoms with E-state index in [1.54, 1.807) is 24.3 Å². The van der Waals surface area contributed by atoms with E-state index in [-0.39, 0.29) is 17.5 Å². The molecule has 35 heavy (non-hydrogen) atoms. The number of ketones is 2. The summed E-state index contributed by atoms with van der Waals surface area (Å²) in [5.74, 6) is -0.170. The van der Waals surface area contributed by atoms with Gasteiger partial charge in [0, 0.05) is 30.8 Å². The molecule has 5 nitrogen and oxygen atoms in total. The fourth-order valence-electron chi connectivity index (χ4n) is 5.35. The molecule has 5 rings (SSSR count). The van der Waals surface area contributed by atoms with Crippen molar-refractivity contribution in [1.82, 2.24) is 4.90 Å². The number of anilines is 1. The summed E-state index contributed by atoms with van der Waals surface area (Å²) >= 11 is 6.31. The quantitative estimate of drug-likeness (QED) is 0.341. The molecule has 1 aliphatic heterocycles. The topological polar surface area (TPSA) is 57.7 Å². The van der Waals surface area contributed by atoms with Crippen LogP contribution in [0.3, 0.4) is 0 Å². The van der Waals surface area contributed by atoms with Gasteiger partial charge in [0.2, 0.25) is 5.91 Å². The molecule has 0 aromatic heterocycles. The summed E-state index contributed by atoms with van der Waals surface area (Å²) in [5.41, 5.74) is 1.46. The highest BCUT2D eigenvalue weighted by Gasteiger charge is 2.53. The number of rotatable bonds is 7. The first-order chi connectivity index (χ1) is 17.0. The van der Waals surface area contributed by atoms with Crippen LogP contribution in [0.1, 0.15) is 45.5 Å². The molecule has 0 bridgehead atoms. The maximum atomic E-state index is 13.6.